The normalized spacial score (nSPS) is 11.1. The maximum absolute atomic E-state index is 12.6. The minimum absolute atomic E-state index is 0.0703. The smallest absolute Gasteiger partial charge is 0.222 e. The van der Waals surface area contributed by atoms with Crippen molar-refractivity contribution in [3.63, 3.8) is 0 Å². The molecule has 3 aromatic carbocycles. The Morgan fingerprint density at radius 3 is 1.40 bits per heavy atom. The predicted molar refractivity (Wildman–Crippen MR) is 101 cm³/mol. The van der Waals surface area contributed by atoms with Crippen LogP contribution >= 0.6 is 0 Å². The molecule has 3 nitrogen and oxygen atoms in total. The van der Waals surface area contributed by atoms with E-state index in [-0.39, 0.29) is 12.3 Å². The summed E-state index contributed by atoms with van der Waals surface area (Å²) in [5.41, 5.74) is 7.89. The molecule has 3 heteroatoms. The van der Waals surface area contributed by atoms with Gasteiger partial charge < -0.3 is 11.1 Å². The van der Waals surface area contributed by atoms with Crippen LogP contribution in [0, 0.1) is 0 Å². The summed E-state index contributed by atoms with van der Waals surface area (Å²) in [7, 11) is 0. The van der Waals surface area contributed by atoms with Gasteiger partial charge in [-0.2, -0.15) is 0 Å². The summed E-state index contributed by atoms with van der Waals surface area (Å²) >= 11 is 0. The molecule has 3 aromatic rings. The second-order valence-corrected chi connectivity index (χ2v) is 5.93. The van der Waals surface area contributed by atoms with E-state index >= 15 is 0 Å². The molecular formula is C22H22N2O. The molecule has 3 N–H and O–H groups in total. The van der Waals surface area contributed by atoms with Crippen molar-refractivity contribution in [2.75, 3.05) is 6.54 Å². The van der Waals surface area contributed by atoms with Crippen LogP contribution in [0.15, 0.2) is 91.0 Å². The van der Waals surface area contributed by atoms with Gasteiger partial charge in [-0.15, -0.1) is 0 Å². The molecule has 0 spiro atoms. The lowest BCUT2D eigenvalue weighted by Gasteiger charge is -2.37. The van der Waals surface area contributed by atoms with Crippen molar-refractivity contribution in [1.29, 1.82) is 0 Å². The zero-order chi connectivity index (χ0) is 17.5. The van der Waals surface area contributed by atoms with Crippen LogP contribution in [0.5, 0.6) is 0 Å². The van der Waals surface area contributed by atoms with Gasteiger partial charge >= 0.3 is 0 Å². The van der Waals surface area contributed by atoms with Crippen molar-refractivity contribution in [2.24, 2.45) is 5.73 Å². The van der Waals surface area contributed by atoms with E-state index in [2.05, 4.69) is 5.32 Å². The standard InChI is InChI=1S/C22H22N2O/c23-17-16-21(25)24-22(18-10-4-1-5-11-18,19-12-6-2-7-13-19)20-14-8-3-9-15-20/h1-15H,16-17,23H2,(H,24,25). The largest absolute Gasteiger partial charge is 0.338 e. The average Bonchev–Trinajstić information content (AvgIpc) is 2.68. The zero-order valence-electron chi connectivity index (χ0n) is 14.1. The number of carbonyl (C=O) groups is 1. The molecule has 0 aliphatic rings. The quantitative estimate of drug-likeness (QED) is 0.680. The first-order valence-corrected chi connectivity index (χ1v) is 8.45. The van der Waals surface area contributed by atoms with Crippen LogP contribution in [0.3, 0.4) is 0 Å². The molecule has 0 saturated heterocycles. The van der Waals surface area contributed by atoms with Crippen molar-refractivity contribution in [1.82, 2.24) is 5.32 Å². The minimum Gasteiger partial charge on any atom is -0.338 e. The number of rotatable bonds is 6. The third-order valence-corrected chi connectivity index (χ3v) is 4.32. The number of nitrogens with one attached hydrogen (secondary N) is 1. The Kier molecular flexibility index (Phi) is 5.26. The SMILES string of the molecule is NCCC(=O)NC(c1ccccc1)(c1ccccc1)c1ccccc1. The van der Waals surface area contributed by atoms with Gasteiger partial charge in [0.15, 0.2) is 0 Å². The van der Waals surface area contributed by atoms with Gasteiger partial charge in [-0.05, 0) is 16.7 Å². The Morgan fingerprint density at radius 1 is 0.720 bits per heavy atom. The fraction of sp³-hybridized carbons (Fsp3) is 0.136. The van der Waals surface area contributed by atoms with Gasteiger partial charge in [0.25, 0.3) is 0 Å². The van der Waals surface area contributed by atoms with E-state index in [4.69, 9.17) is 5.73 Å². The fourth-order valence-corrected chi connectivity index (χ4v) is 3.18. The fourth-order valence-electron chi connectivity index (χ4n) is 3.18. The van der Waals surface area contributed by atoms with Crippen LogP contribution in [0.2, 0.25) is 0 Å². The van der Waals surface area contributed by atoms with Crippen LogP contribution < -0.4 is 11.1 Å². The Hall–Kier alpha value is -2.91. The molecule has 0 bridgehead atoms. The molecule has 0 atom stereocenters. The first-order chi connectivity index (χ1) is 12.3. The highest BCUT2D eigenvalue weighted by Gasteiger charge is 2.37. The van der Waals surface area contributed by atoms with E-state index in [1.807, 2.05) is 91.0 Å². The van der Waals surface area contributed by atoms with Crippen LogP contribution in [0.1, 0.15) is 23.1 Å². The third-order valence-electron chi connectivity index (χ3n) is 4.32. The van der Waals surface area contributed by atoms with E-state index < -0.39 is 5.54 Å². The lowest BCUT2D eigenvalue weighted by molar-refractivity contribution is -0.122. The molecule has 0 aliphatic heterocycles. The van der Waals surface area contributed by atoms with Crippen molar-refractivity contribution < 1.29 is 4.79 Å². The lowest BCUT2D eigenvalue weighted by Crippen LogP contribution is -2.48. The topological polar surface area (TPSA) is 55.1 Å². The highest BCUT2D eigenvalue weighted by molar-refractivity contribution is 5.79. The first kappa shape index (κ1) is 16.9. The summed E-state index contributed by atoms with van der Waals surface area (Å²) in [6.07, 6.45) is 0.286. The predicted octanol–water partition coefficient (Wildman–Crippen LogP) is 3.44. The number of benzene rings is 3. The molecule has 0 aliphatic carbocycles. The first-order valence-electron chi connectivity index (χ1n) is 8.45. The van der Waals surface area contributed by atoms with Gasteiger partial charge in [-0.3, -0.25) is 4.79 Å². The molecule has 3 rings (SSSR count). The van der Waals surface area contributed by atoms with Crippen LogP contribution in [-0.4, -0.2) is 12.5 Å². The summed E-state index contributed by atoms with van der Waals surface area (Å²) in [6.45, 7) is 0.320. The van der Waals surface area contributed by atoms with Crippen LogP contribution in [-0.2, 0) is 10.3 Å². The van der Waals surface area contributed by atoms with Gasteiger partial charge in [-0.1, -0.05) is 91.0 Å². The molecule has 0 fully saturated rings. The molecule has 0 heterocycles. The summed E-state index contributed by atoms with van der Waals surface area (Å²) < 4.78 is 0. The van der Waals surface area contributed by atoms with Gasteiger partial charge in [0.1, 0.15) is 5.54 Å². The molecule has 126 valence electrons. The molecular weight excluding hydrogens is 308 g/mol. The highest BCUT2D eigenvalue weighted by Crippen LogP contribution is 2.36. The van der Waals surface area contributed by atoms with E-state index in [0.29, 0.717) is 6.54 Å². The Morgan fingerprint density at radius 2 is 1.08 bits per heavy atom. The number of amides is 1. The Bertz CT molecular complexity index is 705. The second-order valence-electron chi connectivity index (χ2n) is 5.93. The number of hydrogen-bond donors (Lipinski definition) is 2. The van der Waals surface area contributed by atoms with Gasteiger partial charge in [0, 0.05) is 13.0 Å². The van der Waals surface area contributed by atoms with Crippen molar-refractivity contribution in [3.05, 3.63) is 108 Å². The number of carbonyl (C=O) groups excluding carboxylic acids is 1. The van der Waals surface area contributed by atoms with Gasteiger partial charge in [-0.25, -0.2) is 0 Å². The van der Waals surface area contributed by atoms with Gasteiger partial charge in [0.2, 0.25) is 5.91 Å². The van der Waals surface area contributed by atoms with E-state index in [1.165, 1.54) is 0 Å². The second kappa shape index (κ2) is 7.77. The molecule has 0 aromatic heterocycles. The maximum atomic E-state index is 12.6. The Labute approximate surface area is 148 Å². The average molecular weight is 330 g/mol. The maximum Gasteiger partial charge on any atom is 0.222 e. The molecule has 0 saturated carbocycles. The highest BCUT2D eigenvalue weighted by atomic mass is 16.1. The monoisotopic (exact) mass is 330 g/mol. The summed E-state index contributed by atoms with van der Waals surface area (Å²) in [6, 6.07) is 30.1. The number of hydrogen-bond acceptors (Lipinski definition) is 2. The van der Waals surface area contributed by atoms with Crippen molar-refractivity contribution >= 4 is 5.91 Å². The zero-order valence-corrected chi connectivity index (χ0v) is 14.1. The number of nitrogens with two attached hydrogens (primary N) is 1. The third kappa shape index (κ3) is 3.47. The summed E-state index contributed by atoms with van der Waals surface area (Å²) in [4.78, 5) is 12.6. The molecule has 25 heavy (non-hydrogen) atoms. The summed E-state index contributed by atoms with van der Waals surface area (Å²) in [5.74, 6) is -0.0703. The molecule has 0 unspecified atom stereocenters. The van der Waals surface area contributed by atoms with E-state index in [1.54, 1.807) is 0 Å². The van der Waals surface area contributed by atoms with Crippen LogP contribution in [0.4, 0.5) is 0 Å². The van der Waals surface area contributed by atoms with E-state index in [0.717, 1.165) is 16.7 Å². The minimum atomic E-state index is -0.754. The van der Waals surface area contributed by atoms with Crippen molar-refractivity contribution in [3.8, 4) is 0 Å². The van der Waals surface area contributed by atoms with Gasteiger partial charge in [0.05, 0.1) is 0 Å². The lowest BCUT2D eigenvalue weighted by atomic mass is 9.77. The summed E-state index contributed by atoms with van der Waals surface area (Å²) in [5, 5.41) is 3.26. The van der Waals surface area contributed by atoms with E-state index in [9.17, 15) is 4.79 Å². The van der Waals surface area contributed by atoms with Crippen molar-refractivity contribution in [2.45, 2.75) is 12.0 Å². The Balaban J connectivity index is 2.26. The van der Waals surface area contributed by atoms with Crippen LogP contribution in [0.25, 0.3) is 0 Å². The molecule has 1 amide bonds. The molecule has 0 radical (unpaired) electrons.